The molecule has 0 saturated carbocycles. The molecule has 0 bridgehead atoms. The minimum absolute atomic E-state index is 0.0269. The van der Waals surface area contributed by atoms with Crippen LogP contribution in [0.2, 0.25) is 0 Å². The van der Waals surface area contributed by atoms with Gasteiger partial charge in [-0.15, -0.1) is 11.3 Å². The Morgan fingerprint density at radius 3 is 2.00 bits per heavy atom. The fourth-order valence-corrected chi connectivity index (χ4v) is 2.89. The zero-order valence-electron chi connectivity index (χ0n) is 12.4. The molecule has 0 unspecified atom stereocenters. The quantitative estimate of drug-likeness (QED) is 0.528. The van der Waals surface area contributed by atoms with Crippen LogP contribution in [0.15, 0.2) is 34.2 Å². The van der Waals surface area contributed by atoms with Crippen molar-refractivity contribution < 1.29 is 30.9 Å². The molecular formula is C15H8F6N2OS. The van der Waals surface area contributed by atoms with Gasteiger partial charge in [0.05, 0.1) is 16.0 Å². The molecule has 0 spiro atoms. The summed E-state index contributed by atoms with van der Waals surface area (Å²) in [5.41, 5.74) is -2.38. The van der Waals surface area contributed by atoms with E-state index in [2.05, 4.69) is 10.1 Å². The van der Waals surface area contributed by atoms with Gasteiger partial charge in [-0.25, -0.2) is 0 Å². The maximum absolute atomic E-state index is 12.9. The Kier molecular flexibility index (Phi) is 4.10. The maximum Gasteiger partial charge on any atom is 0.416 e. The van der Waals surface area contributed by atoms with E-state index in [9.17, 15) is 26.3 Å². The molecule has 132 valence electrons. The minimum Gasteiger partial charge on any atom is -0.333 e. The lowest BCUT2D eigenvalue weighted by Crippen LogP contribution is -2.11. The van der Waals surface area contributed by atoms with Gasteiger partial charge in [-0.3, -0.25) is 0 Å². The van der Waals surface area contributed by atoms with Gasteiger partial charge < -0.3 is 4.52 Å². The Morgan fingerprint density at radius 1 is 0.920 bits per heavy atom. The molecule has 0 N–H and O–H groups in total. The molecule has 0 atom stereocenters. The van der Waals surface area contributed by atoms with Crippen LogP contribution in [0.5, 0.6) is 0 Å². The van der Waals surface area contributed by atoms with Crippen LogP contribution in [0.4, 0.5) is 26.3 Å². The number of aromatic nitrogens is 2. The molecule has 0 saturated heterocycles. The van der Waals surface area contributed by atoms with Crippen LogP contribution in [-0.2, 0) is 12.4 Å². The normalized spacial score (nSPS) is 12.6. The van der Waals surface area contributed by atoms with Gasteiger partial charge in [0.2, 0.25) is 5.82 Å². The maximum atomic E-state index is 12.9. The van der Waals surface area contributed by atoms with Gasteiger partial charge in [-0.05, 0) is 42.1 Å². The molecule has 0 fully saturated rings. The molecule has 1 aromatic carbocycles. The van der Waals surface area contributed by atoms with Gasteiger partial charge in [-0.1, -0.05) is 5.16 Å². The molecule has 3 aromatic rings. The Bertz CT molecular complexity index is 877. The highest BCUT2D eigenvalue weighted by atomic mass is 32.1. The van der Waals surface area contributed by atoms with Crippen LogP contribution >= 0.6 is 11.3 Å². The Balaban J connectivity index is 2.09. The van der Waals surface area contributed by atoms with E-state index in [-0.39, 0.29) is 17.8 Å². The minimum atomic E-state index is -4.94. The number of thiophene rings is 1. The second-order valence-corrected chi connectivity index (χ2v) is 6.12. The van der Waals surface area contributed by atoms with E-state index in [0.717, 1.165) is 5.56 Å². The molecule has 10 heteroatoms. The summed E-state index contributed by atoms with van der Waals surface area (Å²) in [6.45, 7) is 1.82. The molecule has 0 aliphatic carbocycles. The molecule has 3 nitrogen and oxygen atoms in total. The van der Waals surface area contributed by atoms with Crippen LogP contribution < -0.4 is 0 Å². The van der Waals surface area contributed by atoms with E-state index in [1.54, 1.807) is 11.4 Å². The van der Waals surface area contributed by atoms with Crippen molar-refractivity contribution in [2.45, 2.75) is 19.3 Å². The summed E-state index contributed by atoms with van der Waals surface area (Å²) >= 11 is 1.27. The van der Waals surface area contributed by atoms with E-state index in [1.807, 2.05) is 6.92 Å². The molecular weight excluding hydrogens is 370 g/mol. The molecule has 3 rings (SSSR count). The summed E-state index contributed by atoms with van der Waals surface area (Å²) in [6, 6.07) is 2.88. The van der Waals surface area contributed by atoms with Gasteiger partial charge in [0, 0.05) is 5.56 Å². The summed E-state index contributed by atoms with van der Waals surface area (Å²) in [4.78, 5) is 4.48. The van der Waals surface area contributed by atoms with Gasteiger partial charge in [0.15, 0.2) is 0 Å². The number of rotatable bonds is 2. The van der Waals surface area contributed by atoms with Crippen molar-refractivity contribution in [3.8, 4) is 22.2 Å². The Labute approximate surface area is 140 Å². The van der Waals surface area contributed by atoms with Crippen LogP contribution in [-0.4, -0.2) is 10.1 Å². The SMILES string of the molecule is Cc1csc(-c2nc(-c3cc(C(F)(F)F)cc(C(F)(F)F)c3)no2)c1. The van der Waals surface area contributed by atoms with E-state index < -0.39 is 29.0 Å². The molecule has 0 amide bonds. The van der Waals surface area contributed by atoms with Crippen molar-refractivity contribution in [3.63, 3.8) is 0 Å². The van der Waals surface area contributed by atoms with Crippen molar-refractivity contribution >= 4 is 11.3 Å². The third-order valence-electron chi connectivity index (χ3n) is 3.21. The molecule has 0 aliphatic heterocycles. The largest absolute Gasteiger partial charge is 0.416 e. The van der Waals surface area contributed by atoms with Crippen LogP contribution in [0.3, 0.4) is 0 Å². The van der Waals surface area contributed by atoms with E-state index in [0.29, 0.717) is 17.0 Å². The van der Waals surface area contributed by atoms with Gasteiger partial charge >= 0.3 is 12.4 Å². The predicted octanol–water partition coefficient (Wildman–Crippen LogP) is 5.81. The Morgan fingerprint density at radius 2 is 1.52 bits per heavy atom. The monoisotopic (exact) mass is 378 g/mol. The predicted molar refractivity (Wildman–Crippen MR) is 77.8 cm³/mol. The highest BCUT2D eigenvalue weighted by Crippen LogP contribution is 2.38. The van der Waals surface area contributed by atoms with Crippen molar-refractivity contribution in [1.82, 2.24) is 10.1 Å². The number of hydrogen-bond donors (Lipinski definition) is 0. The summed E-state index contributed by atoms with van der Waals surface area (Å²) in [7, 11) is 0. The van der Waals surface area contributed by atoms with Gasteiger partial charge in [0.25, 0.3) is 5.89 Å². The van der Waals surface area contributed by atoms with Crippen LogP contribution in [0.1, 0.15) is 16.7 Å². The second-order valence-electron chi connectivity index (χ2n) is 5.21. The second kappa shape index (κ2) is 5.87. The molecule has 0 aliphatic rings. The molecule has 25 heavy (non-hydrogen) atoms. The van der Waals surface area contributed by atoms with Crippen molar-refractivity contribution in [2.75, 3.05) is 0 Å². The lowest BCUT2D eigenvalue weighted by molar-refractivity contribution is -0.143. The number of hydrogen-bond acceptors (Lipinski definition) is 4. The lowest BCUT2D eigenvalue weighted by atomic mass is 10.0. The summed E-state index contributed by atoms with van der Waals surface area (Å²) < 4.78 is 82.3. The number of alkyl halides is 6. The molecule has 2 aromatic heterocycles. The van der Waals surface area contributed by atoms with Gasteiger partial charge in [0.1, 0.15) is 0 Å². The first-order valence-corrected chi connectivity index (χ1v) is 7.61. The Hall–Kier alpha value is -2.36. The summed E-state index contributed by atoms with van der Waals surface area (Å²) in [5.74, 6) is -0.322. The number of benzene rings is 1. The van der Waals surface area contributed by atoms with E-state index in [1.165, 1.54) is 11.3 Å². The average molecular weight is 378 g/mol. The van der Waals surface area contributed by atoms with E-state index in [4.69, 9.17) is 4.52 Å². The van der Waals surface area contributed by atoms with Crippen molar-refractivity contribution in [2.24, 2.45) is 0 Å². The third-order valence-corrected chi connectivity index (χ3v) is 4.25. The first-order valence-electron chi connectivity index (χ1n) is 6.73. The zero-order chi connectivity index (χ0) is 18.4. The first-order chi connectivity index (χ1) is 11.5. The van der Waals surface area contributed by atoms with Crippen LogP contribution in [0.25, 0.3) is 22.2 Å². The van der Waals surface area contributed by atoms with Gasteiger partial charge in [-0.2, -0.15) is 31.3 Å². The highest BCUT2D eigenvalue weighted by Gasteiger charge is 2.37. The smallest absolute Gasteiger partial charge is 0.333 e. The highest BCUT2D eigenvalue weighted by molar-refractivity contribution is 7.13. The summed E-state index contributed by atoms with van der Waals surface area (Å²) in [6.07, 6.45) is -9.87. The fourth-order valence-electron chi connectivity index (χ4n) is 2.07. The molecule has 2 heterocycles. The number of aryl methyl sites for hydroxylation is 1. The zero-order valence-corrected chi connectivity index (χ0v) is 13.2. The number of halogens is 6. The fraction of sp³-hybridized carbons (Fsp3) is 0.200. The standard InChI is InChI=1S/C15H8F6N2OS/c1-7-2-11(25-6-7)13-22-12(23-24-13)8-3-9(14(16,17)18)5-10(4-8)15(19,20)21/h2-6H,1H3. The van der Waals surface area contributed by atoms with Crippen molar-refractivity contribution in [1.29, 1.82) is 0 Å². The van der Waals surface area contributed by atoms with E-state index >= 15 is 0 Å². The molecule has 0 radical (unpaired) electrons. The van der Waals surface area contributed by atoms with Crippen LogP contribution in [0, 0.1) is 6.92 Å². The first kappa shape index (κ1) is 17.5. The summed E-state index contributed by atoms with van der Waals surface area (Å²) in [5, 5.41) is 5.30. The topological polar surface area (TPSA) is 38.9 Å². The average Bonchev–Trinajstić information content (AvgIpc) is 3.13. The lowest BCUT2D eigenvalue weighted by Gasteiger charge is -2.12. The third kappa shape index (κ3) is 3.68. The number of nitrogens with zero attached hydrogens (tertiary/aromatic N) is 2. The van der Waals surface area contributed by atoms with Crippen molar-refractivity contribution in [3.05, 3.63) is 46.3 Å².